The Kier molecular flexibility index (Phi) is 4.56. The lowest BCUT2D eigenvalue weighted by Gasteiger charge is -2.05. The second-order valence-corrected chi connectivity index (χ2v) is 4.26. The van der Waals surface area contributed by atoms with Crippen molar-refractivity contribution in [3.8, 4) is 0 Å². The van der Waals surface area contributed by atoms with E-state index >= 15 is 0 Å². The van der Waals surface area contributed by atoms with E-state index in [9.17, 15) is 4.79 Å². The smallest absolute Gasteiger partial charge is 0.338 e. The average Bonchev–Trinajstić information content (AvgIpc) is 2.26. The number of ether oxygens (including phenoxy) is 1. The molecule has 0 aliphatic carbocycles. The van der Waals surface area contributed by atoms with Crippen LogP contribution in [0, 0.1) is 5.92 Å². The highest BCUT2D eigenvalue weighted by atomic mass is 35.5. The number of hydrogen-bond donors (Lipinski definition) is 0. The normalized spacial score (nSPS) is 11.1. The first-order valence-corrected chi connectivity index (χ1v) is 5.48. The van der Waals surface area contributed by atoms with E-state index < -0.39 is 0 Å². The summed E-state index contributed by atoms with van der Waals surface area (Å²) in [5, 5.41) is 0.530. The summed E-state index contributed by atoms with van der Waals surface area (Å²) in [7, 11) is 1.36. The molecular weight excluding hydrogens is 224 g/mol. The summed E-state index contributed by atoms with van der Waals surface area (Å²) in [6.45, 7) is 4.15. The van der Waals surface area contributed by atoms with E-state index in [0.717, 1.165) is 5.56 Å². The molecule has 16 heavy (non-hydrogen) atoms. The maximum atomic E-state index is 11.5. The van der Waals surface area contributed by atoms with E-state index in [1.165, 1.54) is 7.11 Å². The number of carbonyl (C=O) groups is 1. The molecule has 1 aromatic carbocycles. The molecule has 86 valence electrons. The van der Waals surface area contributed by atoms with Crippen molar-refractivity contribution in [3.63, 3.8) is 0 Å². The molecule has 0 saturated heterocycles. The van der Waals surface area contributed by atoms with Crippen molar-refractivity contribution < 1.29 is 9.53 Å². The molecule has 1 rings (SSSR count). The standard InChI is InChI=1S/C13H15ClO2/c1-9(2)4-5-10-6-7-11(14)8-12(10)13(15)16-3/h4-9H,1-3H3/b5-4+. The molecule has 1 aromatic rings. The van der Waals surface area contributed by atoms with Gasteiger partial charge in [0.1, 0.15) is 0 Å². The quantitative estimate of drug-likeness (QED) is 0.749. The molecule has 0 aromatic heterocycles. The summed E-state index contributed by atoms with van der Waals surface area (Å²) < 4.78 is 4.71. The number of carbonyl (C=O) groups excluding carboxylic acids is 1. The van der Waals surface area contributed by atoms with Crippen LogP contribution in [0.5, 0.6) is 0 Å². The molecule has 0 amide bonds. The highest BCUT2D eigenvalue weighted by Gasteiger charge is 2.10. The third kappa shape index (κ3) is 3.38. The largest absolute Gasteiger partial charge is 0.465 e. The minimum Gasteiger partial charge on any atom is -0.465 e. The molecule has 0 aliphatic heterocycles. The number of methoxy groups -OCH3 is 1. The van der Waals surface area contributed by atoms with Gasteiger partial charge in [0.2, 0.25) is 0 Å². The van der Waals surface area contributed by atoms with E-state index in [2.05, 4.69) is 13.8 Å². The van der Waals surface area contributed by atoms with Gasteiger partial charge in [-0.15, -0.1) is 0 Å². The van der Waals surface area contributed by atoms with Crippen molar-refractivity contribution >= 4 is 23.6 Å². The highest BCUT2D eigenvalue weighted by Crippen LogP contribution is 2.19. The molecule has 0 fully saturated rings. The molecule has 0 spiro atoms. The minimum atomic E-state index is -0.370. The zero-order chi connectivity index (χ0) is 12.1. The third-order valence-electron chi connectivity index (χ3n) is 2.08. The predicted molar refractivity (Wildman–Crippen MR) is 66.7 cm³/mol. The zero-order valence-corrected chi connectivity index (χ0v) is 10.4. The Morgan fingerprint density at radius 2 is 2.12 bits per heavy atom. The van der Waals surface area contributed by atoms with Crippen LogP contribution < -0.4 is 0 Å². The van der Waals surface area contributed by atoms with Crippen molar-refractivity contribution in [2.45, 2.75) is 13.8 Å². The van der Waals surface area contributed by atoms with Gasteiger partial charge < -0.3 is 4.74 Å². The van der Waals surface area contributed by atoms with Crippen molar-refractivity contribution in [3.05, 3.63) is 40.4 Å². The topological polar surface area (TPSA) is 26.3 Å². The van der Waals surface area contributed by atoms with Gasteiger partial charge in [0.05, 0.1) is 12.7 Å². The summed E-state index contributed by atoms with van der Waals surface area (Å²) in [5.41, 5.74) is 1.32. The number of hydrogen-bond acceptors (Lipinski definition) is 2. The van der Waals surface area contributed by atoms with Gasteiger partial charge >= 0.3 is 5.97 Å². The molecular formula is C13H15ClO2. The van der Waals surface area contributed by atoms with Crippen LogP contribution in [0.25, 0.3) is 6.08 Å². The molecule has 0 heterocycles. The molecule has 0 saturated carbocycles. The van der Waals surface area contributed by atoms with Crippen LogP contribution in [-0.4, -0.2) is 13.1 Å². The van der Waals surface area contributed by atoms with E-state index in [4.69, 9.17) is 16.3 Å². The number of rotatable bonds is 3. The van der Waals surface area contributed by atoms with Gasteiger partial charge in [-0.2, -0.15) is 0 Å². The fourth-order valence-corrected chi connectivity index (χ4v) is 1.43. The molecule has 0 atom stereocenters. The van der Waals surface area contributed by atoms with E-state index in [1.807, 2.05) is 18.2 Å². The fraction of sp³-hybridized carbons (Fsp3) is 0.308. The number of benzene rings is 1. The van der Waals surface area contributed by atoms with Gasteiger partial charge in [0.25, 0.3) is 0 Å². The Hall–Kier alpha value is -1.28. The third-order valence-corrected chi connectivity index (χ3v) is 2.32. The first kappa shape index (κ1) is 12.8. The average molecular weight is 239 g/mol. The Morgan fingerprint density at radius 1 is 1.44 bits per heavy atom. The predicted octanol–water partition coefficient (Wildman–Crippen LogP) is 3.80. The van der Waals surface area contributed by atoms with Crippen molar-refractivity contribution in [2.75, 3.05) is 7.11 Å². The fourth-order valence-electron chi connectivity index (χ4n) is 1.26. The Bertz CT molecular complexity index is 408. The molecule has 3 heteroatoms. The van der Waals surface area contributed by atoms with Crippen LogP contribution in [0.4, 0.5) is 0 Å². The number of halogens is 1. The first-order chi connectivity index (χ1) is 7.54. The first-order valence-electron chi connectivity index (χ1n) is 5.10. The Morgan fingerprint density at radius 3 is 2.69 bits per heavy atom. The van der Waals surface area contributed by atoms with Gasteiger partial charge in [-0.25, -0.2) is 4.79 Å². The lowest BCUT2D eigenvalue weighted by molar-refractivity contribution is 0.0600. The summed E-state index contributed by atoms with van der Waals surface area (Å²) in [5.74, 6) is 0.0621. The summed E-state index contributed by atoms with van der Waals surface area (Å²) in [6, 6.07) is 5.19. The lowest BCUT2D eigenvalue weighted by atomic mass is 10.1. The van der Waals surface area contributed by atoms with Gasteiger partial charge in [0, 0.05) is 5.02 Å². The molecule has 0 unspecified atom stereocenters. The van der Waals surface area contributed by atoms with Crippen molar-refractivity contribution in [1.82, 2.24) is 0 Å². The Labute approximate surface area is 101 Å². The SMILES string of the molecule is COC(=O)c1cc(Cl)ccc1/C=C/C(C)C. The number of allylic oxidation sites excluding steroid dienone is 1. The second-order valence-electron chi connectivity index (χ2n) is 3.83. The maximum Gasteiger partial charge on any atom is 0.338 e. The van der Waals surface area contributed by atoms with Crippen molar-refractivity contribution in [2.24, 2.45) is 5.92 Å². The summed E-state index contributed by atoms with van der Waals surface area (Å²) >= 11 is 5.85. The van der Waals surface area contributed by atoms with Crippen LogP contribution in [0.3, 0.4) is 0 Å². The maximum absolute atomic E-state index is 11.5. The van der Waals surface area contributed by atoms with E-state index in [-0.39, 0.29) is 5.97 Å². The highest BCUT2D eigenvalue weighted by molar-refractivity contribution is 6.31. The molecule has 0 bridgehead atoms. The summed E-state index contributed by atoms with van der Waals surface area (Å²) in [6.07, 6.45) is 3.93. The van der Waals surface area contributed by atoms with E-state index in [1.54, 1.807) is 12.1 Å². The summed E-state index contributed by atoms with van der Waals surface area (Å²) in [4.78, 5) is 11.5. The van der Waals surface area contributed by atoms with Crippen LogP contribution in [-0.2, 0) is 4.74 Å². The molecule has 2 nitrogen and oxygen atoms in total. The zero-order valence-electron chi connectivity index (χ0n) is 9.66. The van der Waals surface area contributed by atoms with Crippen LogP contribution in [0.1, 0.15) is 29.8 Å². The monoisotopic (exact) mass is 238 g/mol. The molecule has 0 N–H and O–H groups in total. The molecule has 0 radical (unpaired) electrons. The minimum absolute atomic E-state index is 0.370. The van der Waals surface area contributed by atoms with Crippen LogP contribution >= 0.6 is 11.6 Å². The van der Waals surface area contributed by atoms with Gasteiger partial charge in [-0.05, 0) is 23.6 Å². The van der Waals surface area contributed by atoms with Crippen molar-refractivity contribution in [1.29, 1.82) is 0 Å². The van der Waals surface area contributed by atoms with Crippen LogP contribution in [0.15, 0.2) is 24.3 Å². The van der Waals surface area contributed by atoms with Gasteiger partial charge in [-0.3, -0.25) is 0 Å². The Balaban J connectivity index is 3.12. The number of esters is 1. The lowest BCUT2D eigenvalue weighted by Crippen LogP contribution is -2.03. The second kappa shape index (κ2) is 5.71. The molecule has 0 aliphatic rings. The van der Waals surface area contributed by atoms with Gasteiger partial charge in [-0.1, -0.05) is 43.7 Å². The van der Waals surface area contributed by atoms with Crippen LogP contribution in [0.2, 0.25) is 5.02 Å². The van der Waals surface area contributed by atoms with E-state index in [0.29, 0.717) is 16.5 Å². The van der Waals surface area contributed by atoms with Gasteiger partial charge in [0.15, 0.2) is 0 Å².